The minimum Gasteiger partial charge on any atom is -0.321 e. The predicted molar refractivity (Wildman–Crippen MR) is 124 cm³/mol. The molecule has 3 aromatic carbocycles. The normalized spacial score (nSPS) is 11.7. The molecule has 0 aliphatic rings. The zero-order valence-electron chi connectivity index (χ0n) is 15.8. The van der Waals surface area contributed by atoms with E-state index in [0.717, 1.165) is 11.1 Å². The highest BCUT2D eigenvalue weighted by molar-refractivity contribution is 6.46. The third kappa shape index (κ3) is 6.34. The molecular weight excluding hydrogens is 419 g/mol. The smallest absolute Gasteiger partial charge is 0.267 e. The molecule has 0 saturated carbocycles. The van der Waals surface area contributed by atoms with Gasteiger partial charge in [0.1, 0.15) is 10.1 Å². The molecular formula is C24H18Cl2N2O2. The lowest BCUT2D eigenvalue weighted by Gasteiger charge is -2.08. The van der Waals surface area contributed by atoms with Gasteiger partial charge in [0.05, 0.1) is 0 Å². The van der Waals surface area contributed by atoms with Crippen LogP contribution in [0.25, 0.3) is 12.2 Å². The molecule has 0 aliphatic heterocycles. The Morgan fingerprint density at radius 3 is 1.23 bits per heavy atom. The van der Waals surface area contributed by atoms with E-state index < -0.39 is 11.8 Å². The molecule has 0 atom stereocenters. The van der Waals surface area contributed by atoms with Crippen molar-refractivity contribution >= 4 is 58.5 Å². The van der Waals surface area contributed by atoms with Crippen molar-refractivity contribution in [3.8, 4) is 0 Å². The molecule has 150 valence electrons. The van der Waals surface area contributed by atoms with E-state index in [2.05, 4.69) is 10.6 Å². The zero-order valence-corrected chi connectivity index (χ0v) is 17.3. The second-order valence-electron chi connectivity index (χ2n) is 6.29. The van der Waals surface area contributed by atoms with E-state index in [4.69, 9.17) is 23.2 Å². The average Bonchev–Trinajstić information content (AvgIpc) is 2.76. The summed E-state index contributed by atoms with van der Waals surface area (Å²) in [4.78, 5) is 24.5. The highest BCUT2D eigenvalue weighted by atomic mass is 35.5. The number of anilines is 2. The Hall–Kier alpha value is -3.34. The molecule has 0 radical (unpaired) electrons. The standard InChI is InChI=1S/C24H18Cl2N2O2/c25-21(15-17-7-3-1-4-8-17)23(29)27-19-11-13-20(14-12-19)28-24(30)22(26)16-18-9-5-2-6-10-18/h1-16H,(H,27,29)(H,28,30)/b21-15-,22-16-. The van der Waals surface area contributed by atoms with Crippen molar-refractivity contribution in [3.05, 3.63) is 106 Å². The number of hydrogen-bond donors (Lipinski definition) is 2. The van der Waals surface area contributed by atoms with Gasteiger partial charge in [-0.15, -0.1) is 0 Å². The molecule has 2 amide bonds. The maximum atomic E-state index is 12.2. The van der Waals surface area contributed by atoms with Gasteiger partial charge in [-0.25, -0.2) is 0 Å². The molecule has 0 saturated heterocycles. The molecule has 3 aromatic rings. The van der Waals surface area contributed by atoms with Crippen molar-refractivity contribution < 1.29 is 9.59 Å². The fraction of sp³-hybridized carbons (Fsp3) is 0. The summed E-state index contributed by atoms with van der Waals surface area (Å²) < 4.78 is 0. The monoisotopic (exact) mass is 436 g/mol. The Labute approximate surface area is 184 Å². The molecule has 0 heterocycles. The maximum absolute atomic E-state index is 12.2. The second kappa shape index (κ2) is 10.4. The molecule has 0 spiro atoms. The van der Waals surface area contributed by atoms with Crippen LogP contribution in [0.1, 0.15) is 11.1 Å². The number of hydrogen-bond acceptors (Lipinski definition) is 2. The van der Waals surface area contributed by atoms with Crippen LogP contribution in [0.3, 0.4) is 0 Å². The molecule has 4 nitrogen and oxygen atoms in total. The Morgan fingerprint density at radius 2 is 0.900 bits per heavy atom. The molecule has 0 fully saturated rings. The number of nitrogens with one attached hydrogen (secondary N) is 2. The summed E-state index contributed by atoms with van der Waals surface area (Å²) in [6, 6.07) is 25.3. The van der Waals surface area contributed by atoms with E-state index in [1.165, 1.54) is 0 Å². The zero-order chi connectivity index (χ0) is 21.3. The predicted octanol–water partition coefficient (Wildman–Crippen LogP) is 6.12. The first kappa shape index (κ1) is 21.4. The summed E-state index contributed by atoms with van der Waals surface area (Å²) in [6.07, 6.45) is 3.18. The molecule has 0 aromatic heterocycles. The fourth-order valence-corrected chi connectivity index (χ4v) is 2.89. The Balaban J connectivity index is 1.59. The summed E-state index contributed by atoms with van der Waals surface area (Å²) >= 11 is 12.2. The number of halogens is 2. The van der Waals surface area contributed by atoms with Crippen LogP contribution in [-0.2, 0) is 9.59 Å². The first-order valence-electron chi connectivity index (χ1n) is 9.08. The highest BCUT2D eigenvalue weighted by Crippen LogP contribution is 2.18. The van der Waals surface area contributed by atoms with Gasteiger partial charge in [-0.05, 0) is 47.5 Å². The summed E-state index contributed by atoms with van der Waals surface area (Å²) in [5.74, 6) is -0.850. The van der Waals surface area contributed by atoms with Crippen molar-refractivity contribution in [2.24, 2.45) is 0 Å². The largest absolute Gasteiger partial charge is 0.321 e. The number of rotatable bonds is 6. The van der Waals surface area contributed by atoms with E-state index in [0.29, 0.717) is 11.4 Å². The van der Waals surface area contributed by atoms with Gasteiger partial charge in [-0.2, -0.15) is 0 Å². The molecule has 0 aliphatic carbocycles. The SMILES string of the molecule is O=C(Nc1ccc(NC(=O)/C(Cl)=C/c2ccccc2)cc1)/C(Cl)=C/c1ccccc1. The van der Waals surface area contributed by atoms with Gasteiger partial charge in [0.2, 0.25) is 0 Å². The molecule has 0 bridgehead atoms. The first-order chi connectivity index (χ1) is 14.5. The van der Waals surface area contributed by atoms with Crippen LogP contribution in [0.2, 0.25) is 0 Å². The first-order valence-corrected chi connectivity index (χ1v) is 9.84. The lowest BCUT2D eigenvalue weighted by Crippen LogP contribution is -2.13. The van der Waals surface area contributed by atoms with Crippen molar-refractivity contribution in [1.29, 1.82) is 0 Å². The third-order valence-corrected chi connectivity index (χ3v) is 4.58. The average molecular weight is 437 g/mol. The van der Waals surface area contributed by atoms with Gasteiger partial charge in [0.15, 0.2) is 0 Å². The van der Waals surface area contributed by atoms with E-state index in [1.807, 2.05) is 60.7 Å². The number of carbonyl (C=O) groups is 2. The lowest BCUT2D eigenvalue weighted by atomic mass is 10.2. The van der Waals surface area contributed by atoms with Gasteiger partial charge in [0, 0.05) is 11.4 Å². The quantitative estimate of drug-likeness (QED) is 0.457. The topological polar surface area (TPSA) is 58.2 Å². The van der Waals surface area contributed by atoms with Gasteiger partial charge in [0.25, 0.3) is 11.8 Å². The molecule has 6 heteroatoms. The van der Waals surface area contributed by atoms with Gasteiger partial charge in [-0.3, -0.25) is 9.59 Å². The van der Waals surface area contributed by atoms with E-state index in [-0.39, 0.29) is 10.1 Å². The maximum Gasteiger partial charge on any atom is 0.267 e. The molecule has 2 N–H and O–H groups in total. The van der Waals surface area contributed by atoms with Crippen LogP contribution < -0.4 is 10.6 Å². The van der Waals surface area contributed by atoms with Crippen LogP contribution in [0.5, 0.6) is 0 Å². The molecule has 30 heavy (non-hydrogen) atoms. The van der Waals surface area contributed by atoms with Crippen molar-refractivity contribution in [2.45, 2.75) is 0 Å². The van der Waals surface area contributed by atoms with Crippen LogP contribution >= 0.6 is 23.2 Å². The van der Waals surface area contributed by atoms with Crippen molar-refractivity contribution in [1.82, 2.24) is 0 Å². The van der Waals surface area contributed by atoms with Gasteiger partial charge >= 0.3 is 0 Å². The second-order valence-corrected chi connectivity index (χ2v) is 7.11. The van der Waals surface area contributed by atoms with Crippen LogP contribution in [0.4, 0.5) is 11.4 Å². The summed E-state index contributed by atoms with van der Waals surface area (Å²) in [6.45, 7) is 0. The van der Waals surface area contributed by atoms with E-state index >= 15 is 0 Å². The van der Waals surface area contributed by atoms with E-state index in [1.54, 1.807) is 36.4 Å². The number of amides is 2. The van der Waals surface area contributed by atoms with E-state index in [9.17, 15) is 9.59 Å². The van der Waals surface area contributed by atoms with Crippen LogP contribution in [0.15, 0.2) is 95.0 Å². The van der Waals surface area contributed by atoms with Gasteiger partial charge in [-0.1, -0.05) is 83.9 Å². The summed E-state index contributed by atoms with van der Waals surface area (Å²) in [7, 11) is 0. The Kier molecular flexibility index (Phi) is 7.44. The Bertz CT molecular complexity index is 989. The molecule has 3 rings (SSSR count). The minimum absolute atomic E-state index is 0.0661. The fourth-order valence-electron chi connectivity index (χ4n) is 2.54. The third-order valence-electron chi connectivity index (χ3n) is 4.02. The van der Waals surface area contributed by atoms with Crippen LogP contribution in [0, 0.1) is 0 Å². The van der Waals surface area contributed by atoms with Crippen molar-refractivity contribution in [3.63, 3.8) is 0 Å². The summed E-state index contributed by atoms with van der Waals surface area (Å²) in [5, 5.41) is 5.55. The summed E-state index contributed by atoms with van der Waals surface area (Å²) in [5.41, 5.74) is 2.75. The van der Waals surface area contributed by atoms with Crippen molar-refractivity contribution in [2.75, 3.05) is 10.6 Å². The number of benzene rings is 3. The van der Waals surface area contributed by atoms with Gasteiger partial charge < -0.3 is 10.6 Å². The minimum atomic E-state index is -0.425. The lowest BCUT2D eigenvalue weighted by molar-refractivity contribution is -0.113. The highest BCUT2D eigenvalue weighted by Gasteiger charge is 2.09. The van der Waals surface area contributed by atoms with Crippen LogP contribution in [-0.4, -0.2) is 11.8 Å². The molecule has 0 unspecified atom stereocenters. The number of carbonyl (C=O) groups excluding carboxylic acids is 2. The Morgan fingerprint density at radius 1 is 0.567 bits per heavy atom.